The Hall–Kier alpha value is -2.33. The van der Waals surface area contributed by atoms with Gasteiger partial charge in [-0.3, -0.25) is 9.69 Å². The number of nitrogens with zero attached hydrogens (tertiary/aromatic N) is 1. The molecule has 2 aliphatic rings. The first kappa shape index (κ1) is 22.8. The zero-order valence-corrected chi connectivity index (χ0v) is 20.2. The summed E-state index contributed by atoms with van der Waals surface area (Å²) < 4.78 is 5.64. The molecule has 0 radical (unpaired) electrons. The number of likely N-dealkylation sites (tertiary alicyclic amines) is 1. The minimum atomic E-state index is -0.255. The van der Waals surface area contributed by atoms with Crippen LogP contribution in [0.3, 0.4) is 0 Å². The van der Waals surface area contributed by atoms with Gasteiger partial charge in [0.15, 0.2) is 0 Å². The van der Waals surface area contributed by atoms with Crippen LogP contribution < -0.4 is 10.1 Å². The fraction of sp³-hybridized carbons (Fsp3) is 0.536. The molecule has 0 spiro atoms. The fourth-order valence-corrected chi connectivity index (χ4v) is 5.58. The van der Waals surface area contributed by atoms with Crippen LogP contribution in [-0.4, -0.2) is 30.5 Å². The molecule has 2 aromatic carbocycles. The van der Waals surface area contributed by atoms with E-state index in [2.05, 4.69) is 74.3 Å². The maximum absolute atomic E-state index is 13.4. The van der Waals surface area contributed by atoms with E-state index in [1.54, 1.807) is 0 Å². The zero-order valence-electron chi connectivity index (χ0n) is 20.2. The number of hydrogen-bond donors (Lipinski definition) is 1. The average Bonchev–Trinajstić information content (AvgIpc) is 3.20. The molecule has 1 amide bonds. The van der Waals surface area contributed by atoms with E-state index in [1.165, 1.54) is 27.8 Å². The second kappa shape index (κ2) is 9.66. The third-order valence-corrected chi connectivity index (χ3v) is 6.99. The third-order valence-electron chi connectivity index (χ3n) is 6.99. The highest BCUT2D eigenvalue weighted by molar-refractivity contribution is 5.82. The molecule has 0 aliphatic carbocycles. The van der Waals surface area contributed by atoms with Crippen LogP contribution in [0.5, 0.6) is 5.75 Å². The van der Waals surface area contributed by atoms with Crippen molar-refractivity contribution in [3.63, 3.8) is 0 Å². The van der Waals surface area contributed by atoms with Crippen molar-refractivity contribution in [1.29, 1.82) is 0 Å². The smallest absolute Gasteiger partial charge is 0.226 e. The van der Waals surface area contributed by atoms with Crippen molar-refractivity contribution in [2.45, 2.75) is 66.5 Å². The van der Waals surface area contributed by atoms with Crippen LogP contribution in [0.4, 0.5) is 0 Å². The van der Waals surface area contributed by atoms with Gasteiger partial charge in [0.25, 0.3) is 0 Å². The summed E-state index contributed by atoms with van der Waals surface area (Å²) in [5.74, 6) is 1.79. The van der Waals surface area contributed by atoms with E-state index < -0.39 is 0 Å². The fourth-order valence-electron chi connectivity index (χ4n) is 5.58. The van der Waals surface area contributed by atoms with Crippen molar-refractivity contribution in [3.8, 4) is 5.75 Å². The van der Waals surface area contributed by atoms with Gasteiger partial charge >= 0.3 is 0 Å². The average molecular weight is 435 g/mol. The topological polar surface area (TPSA) is 41.6 Å². The van der Waals surface area contributed by atoms with Gasteiger partial charge in [-0.25, -0.2) is 0 Å². The number of rotatable bonds is 7. The Labute approximate surface area is 193 Å². The Morgan fingerprint density at radius 2 is 1.78 bits per heavy atom. The number of fused-ring (bicyclic) bond motifs is 1. The Bertz CT molecular complexity index is 938. The van der Waals surface area contributed by atoms with Crippen LogP contribution in [0.2, 0.25) is 0 Å². The van der Waals surface area contributed by atoms with Gasteiger partial charge in [-0.15, -0.1) is 0 Å². The number of ether oxygens (including phenoxy) is 1. The van der Waals surface area contributed by atoms with Crippen LogP contribution in [0.15, 0.2) is 36.4 Å². The lowest BCUT2D eigenvalue weighted by molar-refractivity contribution is -0.135. The Balaban J connectivity index is 1.38. The molecule has 1 fully saturated rings. The van der Waals surface area contributed by atoms with E-state index in [9.17, 15) is 4.79 Å². The highest BCUT2D eigenvalue weighted by atomic mass is 16.5. The summed E-state index contributed by atoms with van der Waals surface area (Å²) in [4.78, 5) is 16.0. The van der Waals surface area contributed by atoms with Gasteiger partial charge in [0.1, 0.15) is 5.75 Å². The van der Waals surface area contributed by atoms with Gasteiger partial charge in [-0.05, 0) is 74.9 Å². The van der Waals surface area contributed by atoms with E-state index in [0.717, 1.165) is 57.7 Å². The van der Waals surface area contributed by atoms with Crippen molar-refractivity contribution in [3.05, 3.63) is 64.2 Å². The number of hydrogen-bond acceptors (Lipinski definition) is 3. The number of carbonyl (C=O) groups is 1. The van der Waals surface area contributed by atoms with Crippen molar-refractivity contribution >= 4 is 5.91 Å². The zero-order chi connectivity index (χ0) is 22.7. The minimum absolute atomic E-state index is 0.236. The molecule has 0 atom stereocenters. The Morgan fingerprint density at radius 3 is 2.47 bits per heavy atom. The van der Waals surface area contributed by atoms with Crippen molar-refractivity contribution < 1.29 is 9.53 Å². The predicted molar refractivity (Wildman–Crippen MR) is 130 cm³/mol. The molecule has 0 unspecified atom stereocenters. The highest BCUT2D eigenvalue weighted by Crippen LogP contribution is 2.39. The quantitative estimate of drug-likeness (QED) is 0.653. The highest BCUT2D eigenvalue weighted by Gasteiger charge is 2.41. The third kappa shape index (κ3) is 5.35. The van der Waals surface area contributed by atoms with Crippen molar-refractivity contribution in [2.75, 3.05) is 19.7 Å². The number of nitrogens with one attached hydrogen (secondary N) is 1. The summed E-state index contributed by atoms with van der Waals surface area (Å²) >= 11 is 0. The van der Waals surface area contributed by atoms with E-state index in [1.807, 2.05) is 0 Å². The summed E-state index contributed by atoms with van der Waals surface area (Å²) in [6.45, 7) is 13.0. The largest absolute Gasteiger partial charge is 0.493 e. The lowest BCUT2D eigenvalue weighted by Crippen LogP contribution is -2.49. The SMILES string of the molecule is Cc1cc(C)cc(CNC(=O)C2(CC(C)C)CCN(Cc3ccc4c(c3)CCO4)CC2)c1. The molecule has 1 saturated heterocycles. The number of aryl methyl sites for hydroxylation is 2. The Morgan fingerprint density at radius 1 is 1.06 bits per heavy atom. The van der Waals surface area contributed by atoms with Crippen LogP contribution in [0.1, 0.15) is 60.9 Å². The standard InChI is InChI=1S/C28H38N2O2/c1-20(2)17-28(27(31)29-18-24-14-21(3)13-22(4)15-24)8-10-30(11-9-28)19-23-5-6-26-25(16-23)7-12-32-26/h5-6,13-16,20H,7-12,17-19H2,1-4H3,(H,29,31). The van der Waals surface area contributed by atoms with Crippen LogP contribution in [-0.2, 0) is 24.3 Å². The van der Waals surface area contributed by atoms with Gasteiger partial charge < -0.3 is 10.1 Å². The molecule has 2 aromatic rings. The van der Waals surface area contributed by atoms with Crippen molar-refractivity contribution in [1.82, 2.24) is 10.2 Å². The number of benzene rings is 2. The number of carbonyl (C=O) groups excluding carboxylic acids is 1. The molecule has 1 N–H and O–H groups in total. The van der Waals surface area contributed by atoms with E-state index >= 15 is 0 Å². The molecule has 32 heavy (non-hydrogen) atoms. The van der Waals surface area contributed by atoms with E-state index in [-0.39, 0.29) is 11.3 Å². The molecule has 4 nitrogen and oxygen atoms in total. The monoisotopic (exact) mass is 434 g/mol. The summed E-state index contributed by atoms with van der Waals surface area (Å²) in [7, 11) is 0. The van der Waals surface area contributed by atoms with E-state index in [4.69, 9.17) is 4.74 Å². The van der Waals surface area contributed by atoms with E-state index in [0.29, 0.717) is 12.5 Å². The lowest BCUT2D eigenvalue weighted by Gasteiger charge is -2.41. The molecular formula is C28H38N2O2. The van der Waals surface area contributed by atoms with Gasteiger partial charge in [0.05, 0.1) is 12.0 Å². The normalized spacial score (nSPS) is 17.8. The molecule has 0 aromatic heterocycles. The van der Waals surface area contributed by atoms with Crippen LogP contribution in [0.25, 0.3) is 0 Å². The first-order valence-corrected chi connectivity index (χ1v) is 12.2. The molecule has 4 heteroatoms. The van der Waals surface area contributed by atoms with Gasteiger partial charge in [0, 0.05) is 19.5 Å². The number of piperidine rings is 1. The predicted octanol–water partition coefficient (Wildman–Crippen LogP) is 5.18. The maximum Gasteiger partial charge on any atom is 0.226 e. The first-order valence-electron chi connectivity index (χ1n) is 12.2. The minimum Gasteiger partial charge on any atom is -0.493 e. The van der Waals surface area contributed by atoms with Gasteiger partial charge in [-0.2, -0.15) is 0 Å². The summed E-state index contributed by atoms with van der Waals surface area (Å²) in [5.41, 5.74) is 6.11. The van der Waals surface area contributed by atoms with Gasteiger partial charge in [-0.1, -0.05) is 55.3 Å². The maximum atomic E-state index is 13.4. The molecule has 2 aliphatic heterocycles. The number of amides is 1. The summed E-state index contributed by atoms with van der Waals surface area (Å²) in [5, 5.41) is 3.29. The van der Waals surface area contributed by atoms with Crippen LogP contribution in [0, 0.1) is 25.2 Å². The second-order valence-electron chi connectivity index (χ2n) is 10.4. The molecule has 172 valence electrons. The molecule has 2 heterocycles. The molecule has 4 rings (SSSR count). The molecular weight excluding hydrogens is 396 g/mol. The first-order chi connectivity index (χ1) is 15.3. The van der Waals surface area contributed by atoms with Crippen molar-refractivity contribution in [2.24, 2.45) is 11.3 Å². The second-order valence-corrected chi connectivity index (χ2v) is 10.4. The summed E-state index contributed by atoms with van der Waals surface area (Å²) in [6.07, 6.45) is 3.83. The molecule has 0 saturated carbocycles. The van der Waals surface area contributed by atoms with Gasteiger partial charge in [0.2, 0.25) is 5.91 Å². The Kier molecular flexibility index (Phi) is 6.90. The van der Waals surface area contributed by atoms with Crippen LogP contribution >= 0.6 is 0 Å². The molecule has 0 bridgehead atoms. The lowest BCUT2D eigenvalue weighted by atomic mass is 9.71. The summed E-state index contributed by atoms with van der Waals surface area (Å²) in [6, 6.07) is 13.1.